The fraction of sp³-hybridized carbons (Fsp3) is 0.225. The van der Waals surface area contributed by atoms with E-state index in [1.807, 2.05) is 0 Å². The molecule has 2 amide bonds. The lowest BCUT2D eigenvalue weighted by Crippen LogP contribution is -2.40. The molecule has 24 nitrogen and oxygen atoms in total. The molecule has 2 N–H and O–H groups in total. The number of nitro groups is 4. The number of rotatable bonds is 15. The topological polar surface area (TPSA) is 322 Å². The van der Waals surface area contributed by atoms with Gasteiger partial charge in [-0.1, -0.05) is 72.8 Å². The molecule has 2 aromatic heterocycles. The summed E-state index contributed by atoms with van der Waals surface area (Å²) >= 11 is 0. The molecule has 1 saturated heterocycles. The van der Waals surface area contributed by atoms with Gasteiger partial charge in [-0.2, -0.15) is 4.90 Å². The summed E-state index contributed by atoms with van der Waals surface area (Å²) in [6.45, 7) is -2.23. The molecule has 6 aromatic rings. The van der Waals surface area contributed by atoms with Crippen molar-refractivity contribution in [2.24, 2.45) is 0 Å². The van der Waals surface area contributed by atoms with Gasteiger partial charge in [0.25, 0.3) is 22.7 Å². The highest BCUT2D eigenvalue weighted by Crippen LogP contribution is 2.39. The van der Waals surface area contributed by atoms with E-state index >= 15 is 0 Å². The van der Waals surface area contributed by atoms with Crippen LogP contribution in [0.5, 0.6) is 0 Å². The third-order valence-electron chi connectivity index (χ3n) is 10.4. The van der Waals surface area contributed by atoms with Gasteiger partial charge in [-0.25, -0.2) is 24.5 Å². The third-order valence-corrected chi connectivity index (χ3v) is 10.4. The molecule has 0 spiro atoms. The Morgan fingerprint density at radius 2 is 1.09 bits per heavy atom. The lowest BCUT2D eigenvalue weighted by Gasteiger charge is -2.24. The van der Waals surface area contributed by atoms with Crippen LogP contribution < -0.4 is 4.90 Å². The first-order chi connectivity index (χ1) is 30.8. The van der Waals surface area contributed by atoms with Crippen molar-refractivity contribution in [1.29, 1.82) is 0 Å². The van der Waals surface area contributed by atoms with Crippen LogP contribution in [0.2, 0.25) is 0 Å². The van der Waals surface area contributed by atoms with Gasteiger partial charge in [-0.3, -0.25) is 45.0 Å². The number of ether oxygens (including phenoxy) is 3. The Balaban J connectivity index is 1.31. The summed E-state index contributed by atoms with van der Waals surface area (Å²) in [4.78, 5) is 87.7. The van der Waals surface area contributed by atoms with Gasteiger partial charge < -0.3 is 24.4 Å². The number of nitro benzene ring substituents is 4. The van der Waals surface area contributed by atoms with Crippen LogP contribution in [-0.4, -0.2) is 93.6 Å². The molecule has 64 heavy (non-hydrogen) atoms. The van der Waals surface area contributed by atoms with Crippen LogP contribution in [0.15, 0.2) is 110 Å². The molecular weight excluding hydrogens is 846 g/mol. The molecule has 0 bridgehead atoms. The van der Waals surface area contributed by atoms with Gasteiger partial charge in [0.1, 0.15) is 31.9 Å². The van der Waals surface area contributed by atoms with E-state index in [2.05, 4.69) is 15.0 Å². The Labute approximate surface area is 358 Å². The van der Waals surface area contributed by atoms with E-state index in [-0.39, 0.29) is 44.7 Å². The zero-order valence-corrected chi connectivity index (χ0v) is 32.8. The van der Waals surface area contributed by atoms with Crippen molar-refractivity contribution in [3.8, 4) is 0 Å². The van der Waals surface area contributed by atoms with Gasteiger partial charge in [-0.15, -0.1) is 0 Å². The number of aliphatic hydroxyl groups is 2. The molecule has 0 radical (unpaired) electrons. The number of amides is 2. The van der Waals surface area contributed by atoms with Crippen LogP contribution in [0.3, 0.4) is 0 Å². The Bertz CT molecular complexity index is 2540. The highest BCUT2D eigenvalue weighted by molar-refractivity contribution is 6.12. The second kappa shape index (κ2) is 18.7. The number of anilines is 1. The van der Waals surface area contributed by atoms with Gasteiger partial charge >= 0.3 is 12.2 Å². The molecular formula is C40H33N9O15. The van der Waals surface area contributed by atoms with Crippen molar-refractivity contribution < 1.29 is 53.7 Å². The highest BCUT2D eigenvalue weighted by Gasteiger charge is 2.39. The van der Waals surface area contributed by atoms with Crippen LogP contribution in [0.4, 0.5) is 38.2 Å². The SMILES string of the molecule is O=C(OCC(c1ccccc1[N+](=O)[O-])c1ccccc1[N+](=O)[O-])N(C(=O)OCC(c1ccccc1[N+](=O)[O-])c1ccccc1[N+](=O)[O-])c1ncnc2c1ncn2[C@H]1C[C@H](O)[C@@H](CO)O1. The standard InChI is InChI=1S/C40H33N9O15/c50-18-34-33(51)17-35(64-34)44-22-43-36-37(44)41-21-42-38(36)45(39(52)62-19-27(23-9-1-5-13-29(23)46(54)55)24-10-2-6-14-30(24)47(56)57)40(53)63-20-28(25-11-3-7-15-31(25)48(58)59)26-12-4-8-16-32(26)49(60)61/h1-16,21-22,27-28,33-35,50-51H,17-20H2/t33-,34+,35+/m0/s1. The molecule has 1 aliphatic rings. The number of imidazole rings is 1. The highest BCUT2D eigenvalue weighted by atomic mass is 16.6. The van der Waals surface area contributed by atoms with Crippen molar-refractivity contribution in [1.82, 2.24) is 19.5 Å². The number of para-hydroxylation sites is 4. The Hall–Kier alpha value is -8.35. The van der Waals surface area contributed by atoms with Gasteiger partial charge in [0.05, 0.1) is 50.6 Å². The molecule has 1 aliphatic heterocycles. The lowest BCUT2D eigenvalue weighted by atomic mass is 9.89. The maximum absolute atomic E-state index is 14.5. The zero-order valence-electron chi connectivity index (χ0n) is 32.8. The van der Waals surface area contributed by atoms with E-state index in [4.69, 9.17) is 14.2 Å². The zero-order chi connectivity index (χ0) is 45.7. The molecule has 0 aliphatic carbocycles. The van der Waals surface area contributed by atoms with Crippen molar-refractivity contribution in [2.75, 3.05) is 24.7 Å². The number of imide groups is 1. The second-order valence-corrected chi connectivity index (χ2v) is 14.0. The average Bonchev–Trinajstić information content (AvgIpc) is 3.90. The fourth-order valence-electron chi connectivity index (χ4n) is 7.44. The van der Waals surface area contributed by atoms with Crippen LogP contribution >= 0.6 is 0 Å². The number of carbonyl (C=O) groups excluding carboxylic acids is 2. The van der Waals surface area contributed by atoms with Gasteiger partial charge in [0.15, 0.2) is 17.0 Å². The first kappa shape index (κ1) is 43.7. The van der Waals surface area contributed by atoms with Gasteiger partial charge in [-0.05, 0) is 0 Å². The summed E-state index contributed by atoms with van der Waals surface area (Å²) in [5.74, 6) is -3.35. The summed E-state index contributed by atoms with van der Waals surface area (Å²) < 4.78 is 18.4. The van der Waals surface area contributed by atoms with Gasteiger partial charge in [0, 0.05) is 52.9 Å². The number of nitrogens with zero attached hydrogens (tertiary/aromatic N) is 9. The number of fused-ring (bicyclic) bond motifs is 1. The Morgan fingerprint density at radius 3 is 1.47 bits per heavy atom. The number of carbonyl (C=O) groups is 2. The Kier molecular flexibility index (Phi) is 12.8. The largest absolute Gasteiger partial charge is 0.448 e. The van der Waals surface area contributed by atoms with Crippen molar-refractivity contribution in [3.05, 3.63) is 172 Å². The van der Waals surface area contributed by atoms with E-state index in [0.29, 0.717) is 0 Å². The van der Waals surface area contributed by atoms with E-state index in [1.54, 1.807) is 0 Å². The maximum Gasteiger partial charge on any atom is 0.425 e. The lowest BCUT2D eigenvalue weighted by molar-refractivity contribution is -0.387. The van der Waals surface area contributed by atoms with Crippen LogP contribution in [-0.2, 0) is 14.2 Å². The third kappa shape index (κ3) is 8.71. The predicted molar refractivity (Wildman–Crippen MR) is 218 cm³/mol. The monoisotopic (exact) mass is 879 g/mol. The first-order valence-corrected chi connectivity index (χ1v) is 19.0. The minimum atomic E-state index is -1.55. The molecule has 328 valence electrons. The van der Waals surface area contributed by atoms with E-state index in [0.717, 1.165) is 30.6 Å². The van der Waals surface area contributed by atoms with Crippen molar-refractivity contribution in [2.45, 2.75) is 36.7 Å². The van der Waals surface area contributed by atoms with Crippen LogP contribution in [0.25, 0.3) is 11.2 Å². The molecule has 0 saturated carbocycles. The van der Waals surface area contributed by atoms with Crippen molar-refractivity contribution >= 4 is 51.9 Å². The summed E-state index contributed by atoms with van der Waals surface area (Å²) in [5, 5.41) is 68.8. The quantitative estimate of drug-likeness (QED) is 0.0903. The average molecular weight is 880 g/mol. The van der Waals surface area contributed by atoms with Crippen molar-refractivity contribution in [3.63, 3.8) is 0 Å². The van der Waals surface area contributed by atoms with Crippen LogP contribution in [0.1, 0.15) is 46.7 Å². The summed E-state index contributed by atoms with van der Waals surface area (Å²) in [6, 6.07) is 21.1. The van der Waals surface area contributed by atoms with E-state index < -0.39 is 111 Å². The molecule has 3 atom stereocenters. The number of hydrogen-bond donors (Lipinski definition) is 2. The molecule has 1 fully saturated rings. The van der Waals surface area contributed by atoms with Gasteiger partial charge in [0.2, 0.25) is 0 Å². The molecule has 4 aromatic carbocycles. The van der Waals surface area contributed by atoms with E-state index in [1.165, 1.54) is 83.7 Å². The summed E-state index contributed by atoms with van der Waals surface area (Å²) in [7, 11) is 0. The second-order valence-electron chi connectivity index (χ2n) is 14.0. The maximum atomic E-state index is 14.5. The number of aliphatic hydroxyl groups excluding tert-OH is 2. The fourth-order valence-corrected chi connectivity index (χ4v) is 7.44. The molecule has 7 rings (SSSR count). The molecule has 24 heteroatoms. The smallest absolute Gasteiger partial charge is 0.425 e. The number of aromatic nitrogens is 4. The van der Waals surface area contributed by atoms with Crippen LogP contribution in [0, 0.1) is 40.5 Å². The normalized spacial score (nSPS) is 15.8. The van der Waals surface area contributed by atoms with E-state index in [9.17, 15) is 60.3 Å². The minimum Gasteiger partial charge on any atom is -0.448 e. The molecule has 0 unspecified atom stereocenters. The molecule has 3 heterocycles. The summed E-state index contributed by atoms with van der Waals surface area (Å²) in [6.07, 6.45) is -3.99. The minimum absolute atomic E-state index is 0.0267. The Morgan fingerprint density at radius 1 is 0.688 bits per heavy atom. The number of benzene rings is 4. The number of hydrogen-bond acceptors (Lipinski definition) is 18. The predicted octanol–water partition coefficient (Wildman–Crippen LogP) is 5.84. The first-order valence-electron chi connectivity index (χ1n) is 19.0. The summed E-state index contributed by atoms with van der Waals surface area (Å²) in [5.41, 5.74) is -2.56.